The second-order valence-electron chi connectivity index (χ2n) is 8.50. The first kappa shape index (κ1) is 22.7. The van der Waals surface area contributed by atoms with Crippen molar-refractivity contribution >= 4 is 5.78 Å². The van der Waals surface area contributed by atoms with Crippen LogP contribution in [-0.2, 0) is 23.7 Å². The van der Waals surface area contributed by atoms with Gasteiger partial charge in [0, 0.05) is 25.6 Å². The molecule has 3 aliphatic rings. The molecule has 0 radical (unpaired) electrons. The van der Waals surface area contributed by atoms with E-state index in [0.717, 1.165) is 64.6 Å². The van der Waals surface area contributed by atoms with Gasteiger partial charge in [-0.3, -0.25) is 4.79 Å². The molecule has 3 fully saturated rings. The highest BCUT2D eigenvalue weighted by molar-refractivity contribution is 5.98. The number of carbonyl (C=O) groups excluding carboxylic acids is 1. The van der Waals surface area contributed by atoms with E-state index in [-0.39, 0.29) is 36.5 Å². The first-order chi connectivity index (χ1) is 14.2. The number of hydrogen-bond donors (Lipinski definition) is 0. The topological polar surface area (TPSA) is 54.0 Å². The molecule has 0 amide bonds. The Labute approximate surface area is 175 Å². The molecule has 164 valence electrons. The van der Waals surface area contributed by atoms with Crippen LogP contribution in [0.4, 0.5) is 0 Å². The number of unbranched alkanes of at least 4 members (excludes halogenated alkanes) is 2. The molecule has 0 bridgehead atoms. The average molecular weight is 407 g/mol. The Morgan fingerprint density at radius 2 is 1.83 bits per heavy atom. The van der Waals surface area contributed by atoms with Crippen LogP contribution in [0.2, 0.25) is 0 Å². The van der Waals surface area contributed by atoms with Gasteiger partial charge >= 0.3 is 0 Å². The highest BCUT2D eigenvalue weighted by atomic mass is 16.7. The summed E-state index contributed by atoms with van der Waals surface area (Å²) in [6.45, 7) is 7.77. The smallest absolute Gasteiger partial charge is 0.161 e. The van der Waals surface area contributed by atoms with Crippen LogP contribution in [0.1, 0.15) is 77.6 Å². The van der Waals surface area contributed by atoms with Crippen molar-refractivity contribution in [3.8, 4) is 0 Å². The van der Waals surface area contributed by atoms with Gasteiger partial charge in [-0.2, -0.15) is 0 Å². The third kappa shape index (κ3) is 7.02. The maximum Gasteiger partial charge on any atom is 0.161 e. The fourth-order valence-electron chi connectivity index (χ4n) is 4.30. The van der Waals surface area contributed by atoms with Crippen LogP contribution in [0.25, 0.3) is 0 Å². The summed E-state index contributed by atoms with van der Waals surface area (Å²) >= 11 is 0. The van der Waals surface area contributed by atoms with Crippen LogP contribution in [0.15, 0.2) is 24.3 Å². The van der Waals surface area contributed by atoms with Gasteiger partial charge in [-0.25, -0.2) is 0 Å². The van der Waals surface area contributed by atoms with E-state index in [1.807, 2.05) is 0 Å². The Hall–Kier alpha value is -1.01. The summed E-state index contributed by atoms with van der Waals surface area (Å²) in [5.41, 5.74) is 0.642. The number of carbonyl (C=O) groups is 1. The number of ether oxygens (including phenoxy) is 4. The van der Waals surface area contributed by atoms with Crippen molar-refractivity contribution in [2.75, 3.05) is 13.2 Å². The van der Waals surface area contributed by atoms with E-state index < -0.39 is 0 Å². The largest absolute Gasteiger partial charge is 0.353 e. The Morgan fingerprint density at radius 3 is 2.48 bits per heavy atom. The minimum Gasteiger partial charge on any atom is -0.353 e. The molecule has 5 nitrogen and oxygen atoms in total. The zero-order chi connectivity index (χ0) is 20.5. The van der Waals surface area contributed by atoms with E-state index in [4.69, 9.17) is 18.9 Å². The fraction of sp³-hybridized carbons (Fsp3) is 0.792. The monoisotopic (exact) mass is 406 g/mol. The van der Waals surface area contributed by atoms with Crippen molar-refractivity contribution in [1.29, 1.82) is 0 Å². The molecular weight excluding hydrogens is 368 g/mol. The van der Waals surface area contributed by atoms with Gasteiger partial charge in [-0.15, -0.1) is 0 Å². The first-order valence-corrected chi connectivity index (χ1v) is 11.6. The molecular formula is C24H38O5. The van der Waals surface area contributed by atoms with Crippen LogP contribution in [0.5, 0.6) is 0 Å². The van der Waals surface area contributed by atoms with E-state index >= 15 is 0 Å². The van der Waals surface area contributed by atoms with E-state index in [1.54, 1.807) is 0 Å². The van der Waals surface area contributed by atoms with Crippen LogP contribution in [-0.4, -0.2) is 43.8 Å². The molecule has 2 saturated heterocycles. The molecule has 0 aromatic heterocycles. The zero-order valence-corrected chi connectivity index (χ0v) is 18.0. The van der Waals surface area contributed by atoms with Crippen LogP contribution >= 0.6 is 0 Å². The Kier molecular flexibility index (Phi) is 9.37. The number of rotatable bonds is 10. The lowest BCUT2D eigenvalue weighted by Crippen LogP contribution is -2.30. The van der Waals surface area contributed by atoms with Crippen molar-refractivity contribution in [1.82, 2.24) is 0 Å². The summed E-state index contributed by atoms with van der Waals surface area (Å²) in [5, 5.41) is 0. The molecule has 3 unspecified atom stereocenters. The minimum atomic E-state index is -0.199. The zero-order valence-electron chi connectivity index (χ0n) is 18.0. The van der Waals surface area contributed by atoms with Gasteiger partial charge in [0.15, 0.2) is 18.4 Å². The molecule has 5 heteroatoms. The van der Waals surface area contributed by atoms with Crippen molar-refractivity contribution < 1.29 is 23.7 Å². The van der Waals surface area contributed by atoms with Crippen molar-refractivity contribution in [3.05, 3.63) is 24.3 Å². The SMILES string of the molecule is C=C1C(=O)C[C@H](OC2CCCCO2)[C@H]1/C=C/C(CCCCC)OC1CCCCO1. The van der Waals surface area contributed by atoms with Crippen LogP contribution in [0.3, 0.4) is 0 Å². The third-order valence-electron chi connectivity index (χ3n) is 6.10. The molecule has 0 aromatic rings. The normalized spacial score (nSPS) is 32.2. The second kappa shape index (κ2) is 12.0. The summed E-state index contributed by atoms with van der Waals surface area (Å²) in [4.78, 5) is 12.3. The van der Waals surface area contributed by atoms with E-state index in [2.05, 4.69) is 25.7 Å². The molecule has 5 atom stereocenters. The molecule has 1 aliphatic carbocycles. The Balaban J connectivity index is 1.61. The summed E-state index contributed by atoms with van der Waals surface area (Å²) in [7, 11) is 0. The highest BCUT2D eigenvalue weighted by Crippen LogP contribution is 2.33. The lowest BCUT2D eigenvalue weighted by molar-refractivity contribution is -0.190. The predicted molar refractivity (Wildman–Crippen MR) is 112 cm³/mol. The maximum absolute atomic E-state index is 12.3. The van der Waals surface area contributed by atoms with E-state index in [9.17, 15) is 4.79 Å². The number of hydrogen-bond acceptors (Lipinski definition) is 5. The third-order valence-corrected chi connectivity index (χ3v) is 6.10. The van der Waals surface area contributed by atoms with E-state index in [0.29, 0.717) is 12.0 Å². The quantitative estimate of drug-likeness (QED) is 0.287. The molecule has 0 spiro atoms. The van der Waals surface area contributed by atoms with Gasteiger partial charge in [0.2, 0.25) is 0 Å². The Morgan fingerprint density at radius 1 is 1.10 bits per heavy atom. The predicted octanol–water partition coefficient (Wildman–Crippen LogP) is 5.09. The van der Waals surface area contributed by atoms with Crippen molar-refractivity contribution in [2.45, 2.75) is 102 Å². The van der Waals surface area contributed by atoms with E-state index in [1.165, 1.54) is 12.8 Å². The number of ketones is 1. The first-order valence-electron chi connectivity index (χ1n) is 11.6. The van der Waals surface area contributed by atoms with Gasteiger partial charge in [0.05, 0.1) is 12.2 Å². The van der Waals surface area contributed by atoms with Gasteiger partial charge in [-0.1, -0.05) is 44.9 Å². The lowest BCUT2D eigenvalue weighted by Gasteiger charge is -2.28. The molecule has 3 rings (SSSR count). The van der Waals surface area contributed by atoms with Gasteiger partial charge in [-0.05, 0) is 50.5 Å². The standard InChI is InChI=1S/C24H38O5/c1-3-4-5-10-19(28-23-11-6-8-15-26-23)13-14-20-18(2)21(25)17-22(20)29-24-12-7-9-16-27-24/h13-14,19-20,22-24H,2-12,15-17H2,1H3/b14-13+/t19?,20-,22-,23?,24?/m0/s1. The maximum atomic E-state index is 12.3. The summed E-state index contributed by atoms with van der Waals surface area (Å²) in [6, 6.07) is 0. The van der Waals surface area contributed by atoms with Crippen LogP contribution in [0, 0.1) is 5.92 Å². The van der Waals surface area contributed by atoms with Crippen LogP contribution < -0.4 is 0 Å². The summed E-state index contributed by atoms with van der Waals surface area (Å²) in [5.74, 6) is -0.00268. The molecule has 2 heterocycles. The van der Waals surface area contributed by atoms with Crippen molar-refractivity contribution in [2.24, 2.45) is 5.92 Å². The highest BCUT2D eigenvalue weighted by Gasteiger charge is 2.37. The number of Topliss-reactive ketones (excluding diaryl/α,β-unsaturated/α-hetero) is 1. The second-order valence-corrected chi connectivity index (χ2v) is 8.50. The van der Waals surface area contributed by atoms with Gasteiger partial charge in [0.1, 0.15) is 0 Å². The average Bonchev–Trinajstić information content (AvgIpc) is 3.00. The fourth-order valence-corrected chi connectivity index (χ4v) is 4.30. The minimum absolute atomic E-state index is 0.000248. The van der Waals surface area contributed by atoms with Gasteiger partial charge < -0.3 is 18.9 Å². The summed E-state index contributed by atoms with van der Waals surface area (Å²) in [6.07, 6.45) is 14.9. The van der Waals surface area contributed by atoms with Gasteiger partial charge in [0.25, 0.3) is 0 Å². The molecule has 2 aliphatic heterocycles. The molecule has 0 aromatic carbocycles. The molecule has 29 heavy (non-hydrogen) atoms. The molecule has 0 N–H and O–H groups in total. The molecule has 1 saturated carbocycles. The Bertz CT molecular complexity index is 545. The van der Waals surface area contributed by atoms with Crippen molar-refractivity contribution in [3.63, 3.8) is 0 Å². The lowest BCUT2D eigenvalue weighted by atomic mass is 9.99. The summed E-state index contributed by atoms with van der Waals surface area (Å²) < 4.78 is 23.9.